The lowest BCUT2D eigenvalue weighted by atomic mass is 10.1. The standard InChI is InChI=1S/C18H28O3/c1-3-4-5-6-7-8-9-10-15-18(19)21-17-14-12-11-13-16(17)20-2/h11-14H,3-10,15H2,1-2H3. The average Bonchev–Trinajstić information content (AvgIpc) is 2.50. The Hall–Kier alpha value is -1.51. The van der Waals surface area contributed by atoms with Crippen LogP contribution in [0.4, 0.5) is 0 Å². The van der Waals surface area contributed by atoms with Crippen LogP contribution in [0, 0.1) is 0 Å². The quantitative estimate of drug-likeness (QED) is 0.322. The highest BCUT2D eigenvalue weighted by Crippen LogP contribution is 2.26. The van der Waals surface area contributed by atoms with Crippen molar-refractivity contribution in [1.29, 1.82) is 0 Å². The first-order valence-corrected chi connectivity index (χ1v) is 8.11. The van der Waals surface area contributed by atoms with Crippen molar-refractivity contribution in [1.82, 2.24) is 0 Å². The minimum atomic E-state index is -0.175. The maximum Gasteiger partial charge on any atom is 0.311 e. The van der Waals surface area contributed by atoms with Crippen molar-refractivity contribution >= 4 is 5.97 Å². The van der Waals surface area contributed by atoms with Crippen LogP contribution in [0.2, 0.25) is 0 Å². The number of para-hydroxylation sites is 2. The van der Waals surface area contributed by atoms with E-state index in [1.54, 1.807) is 19.2 Å². The fourth-order valence-corrected chi connectivity index (χ4v) is 2.28. The third-order valence-electron chi connectivity index (χ3n) is 3.53. The molecule has 1 rings (SSSR count). The fourth-order valence-electron chi connectivity index (χ4n) is 2.28. The van der Waals surface area contributed by atoms with Gasteiger partial charge in [0.2, 0.25) is 0 Å². The maximum absolute atomic E-state index is 11.8. The minimum Gasteiger partial charge on any atom is -0.493 e. The zero-order chi connectivity index (χ0) is 15.3. The number of rotatable bonds is 11. The van der Waals surface area contributed by atoms with E-state index in [1.165, 1.54) is 38.5 Å². The third-order valence-corrected chi connectivity index (χ3v) is 3.53. The van der Waals surface area contributed by atoms with Gasteiger partial charge in [0.25, 0.3) is 0 Å². The molecule has 1 aromatic carbocycles. The lowest BCUT2D eigenvalue weighted by molar-refractivity contribution is -0.134. The fraction of sp³-hybridized carbons (Fsp3) is 0.611. The molecule has 21 heavy (non-hydrogen) atoms. The first-order chi connectivity index (χ1) is 10.3. The Kier molecular flexibility index (Phi) is 9.34. The molecule has 3 heteroatoms. The highest BCUT2D eigenvalue weighted by Gasteiger charge is 2.08. The molecular formula is C18H28O3. The first-order valence-electron chi connectivity index (χ1n) is 8.11. The summed E-state index contributed by atoms with van der Waals surface area (Å²) in [6.45, 7) is 2.23. The summed E-state index contributed by atoms with van der Waals surface area (Å²) in [5, 5.41) is 0. The number of carbonyl (C=O) groups is 1. The molecule has 118 valence electrons. The van der Waals surface area contributed by atoms with Gasteiger partial charge in [0.15, 0.2) is 11.5 Å². The van der Waals surface area contributed by atoms with Crippen LogP contribution in [0.3, 0.4) is 0 Å². The van der Waals surface area contributed by atoms with E-state index in [4.69, 9.17) is 9.47 Å². The Labute approximate surface area is 128 Å². The van der Waals surface area contributed by atoms with Gasteiger partial charge in [-0.15, -0.1) is 0 Å². The molecule has 0 saturated carbocycles. The molecule has 0 fully saturated rings. The second-order valence-electron chi connectivity index (χ2n) is 5.35. The predicted molar refractivity (Wildman–Crippen MR) is 85.9 cm³/mol. The SMILES string of the molecule is CCCCCCCCCCC(=O)Oc1ccccc1OC. The summed E-state index contributed by atoms with van der Waals surface area (Å²) in [4.78, 5) is 11.8. The molecule has 0 radical (unpaired) electrons. The van der Waals surface area contributed by atoms with E-state index in [-0.39, 0.29) is 5.97 Å². The number of carbonyl (C=O) groups excluding carboxylic acids is 1. The summed E-state index contributed by atoms with van der Waals surface area (Å²) >= 11 is 0. The van der Waals surface area contributed by atoms with Gasteiger partial charge in [-0.2, -0.15) is 0 Å². The summed E-state index contributed by atoms with van der Waals surface area (Å²) in [6, 6.07) is 7.24. The van der Waals surface area contributed by atoms with Gasteiger partial charge >= 0.3 is 5.97 Å². The normalized spacial score (nSPS) is 10.4. The Morgan fingerprint density at radius 3 is 2.10 bits per heavy atom. The molecule has 1 aromatic rings. The van der Waals surface area contributed by atoms with Gasteiger partial charge in [-0.1, -0.05) is 64.0 Å². The second kappa shape index (κ2) is 11.2. The molecule has 0 spiro atoms. The van der Waals surface area contributed by atoms with Crippen LogP contribution in [-0.4, -0.2) is 13.1 Å². The van der Waals surface area contributed by atoms with Crippen LogP contribution >= 0.6 is 0 Å². The number of ether oxygens (including phenoxy) is 2. The van der Waals surface area contributed by atoms with Crippen molar-refractivity contribution in [3.8, 4) is 11.5 Å². The van der Waals surface area contributed by atoms with Crippen molar-refractivity contribution in [2.24, 2.45) is 0 Å². The zero-order valence-electron chi connectivity index (χ0n) is 13.4. The zero-order valence-corrected chi connectivity index (χ0v) is 13.4. The summed E-state index contributed by atoms with van der Waals surface area (Å²) in [7, 11) is 1.57. The summed E-state index contributed by atoms with van der Waals surface area (Å²) in [5.74, 6) is 0.928. The van der Waals surface area contributed by atoms with Gasteiger partial charge in [-0.05, 0) is 18.6 Å². The van der Waals surface area contributed by atoms with Crippen LogP contribution in [-0.2, 0) is 4.79 Å². The predicted octanol–water partition coefficient (Wildman–Crippen LogP) is 5.13. The van der Waals surface area contributed by atoms with Crippen LogP contribution < -0.4 is 9.47 Å². The Bertz CT molecular complexity index is 401. The first kappa shape index (κ1) is 17.5. The molecule has 0 saturated heterocycles. The molecule has 0 heterocycles. The highest BCUT2D eigenvalue weighted by molar-refractivity contribution is 5.73. The third kappa shape index (κ3) is 7.74. The number of benzene rings is 1. The highest BCUT2D eigenvalue weighted by atomic mass is 16.6. The van der Waals surface area contributed by atoms with Crippen molar-refractivity contribution in [3.05, 3.63) is 24.3 Å². The van der Waals surface area contributed by atoms with E-state index in [9.17, 15) is 4.79 Å². The van der Waals surface area contributed by atoms with E-state index in [1.807, 2.05) is 12.1 Å². The molecule has 0 atom stereocenters. The molecule has 0 unspecified atom stereocenters. The molecule has 0 bridgehead atoms. The lowest BCUT2D eigenvalue weighted by Gasteiger charge is -2.08. The molecule has 0 aromatic heterocycles. The summed E-state index contributed by atoms with van der Waals surface area (Å²) in [5.41, 5.74) is 0. The van der Waals surface area contributed by atoms with E-state index in [2.05, 4.69) is 6.92 Å². The molecule has 0 aliphatic carbocycles. The van der Waals surface area contributed by atoms with Crippen molar-refractivity contribution in [2.75, 3.05) is 7.11 Å². The Morgan fingerprint density at radius 1 is 0.905 bits per heavy atom. The largest absolute Gasteiger partial charge is 0.493 e. The minimum absolute atomic E-state index is 0.175. The smallest absolute Gasteiger partial charge is 0.311 e. The van der Waals surface area contributed by atoms with Gasteiger partial charge in [0, 0.05) is 6.42 Å². The number of unbranched alkanes of at least 4 members (excludes halogenated alkanes) is 7. The molecule has 3 nitrogen and oxygen atoms in total. The van der Waals surface area contributed by atoms with E-state index in [0.29, 0.717) is 17.9 Å². The lowest BCUT2D eigenvalue weighted by Crippen LogP contribution is -2.08. The van der Waals surface area contributed by atoms with Crippen molar-refractivity contribution < 1.29 is 14.3 Å². The van der Waals surface area contributed by atoms with Crippen molar-refractivity contribution in [2.45, 2.75) is 64.7 Å². The van der Waals surface area contributed by atoms with Crippen molar-refractivity contribution in [3.63, 3.8) is 0 Å². The van der Waals surface area contributed by atoms with Crippen LogP contribution in [0.1, 0.15) is 64.7 Å². The Balaban J connectivity index is 2.11. The summed E-state index contributed by atoms with van der Waals surface area (Å²) < 4.78 is 10.5. The number of esters is 1. The molecule has 0 N–H and O–H groups in total. The monoisotopic (exact) mass is 292 g/mol. The van der Waals surface area contributed by atoms with Gasteiger partial charge in [0.1, 0.15) is 0 Å². The van der Waals surface area contributed by atoms with E-state index >= 15 is 0 Å². The van der Waals surface area contributed by atoms with Gasteiger partial charge in [-0.25, -0.2) is 0 Å². The number of hydrogen-bond acceptors (Lipinski definition) is 3. The van der Waals surface area contributed by atoms with E-state index in [0.717, 1.165) is 12.8 Å². The molecule has 0 aliphatic heterocycles. The van der Waals surface area contributed by atoms with Crippen LogP contribution in [0.5, 0.6) is 11.5 Å². The number of methoxy groups -OCH3 is 1. The molecule has 0 amide bonds. The summed E-state index contributed by atoms with van der Waals surface area (Å²) in [6.07, 6.45) is 10.3. The topological polar surface area (TPSA) is 35.5 Å². The van der Waals surface area contributed by atoms with Gasteiger partial charge < -0.3 is 9.47 Å². The molecule has 0 aliphatic rings. The average molecular weight is 292 g/mol. The van der Waals surface area contributed by atoms with Gasteiger partial charge in [0.05, 0.1) is 7.11 Å². The second-order valence-corrected chi connectivity index (χ2v) is 5.35. The van der Waals surface area contributed by atoms with Crippen LogP contribution in [0.25, 0.3) is 0 Å². The van der Waals surface area contributed by atoms with E-state index < -0.39 is 0 Å². The van der Waals surface area contributed by atoms with Gasteiger partial charge in [-0.3, -0.25) is 4.79 Å². The maximum atomic E-state index is 11.8. The Morgan fingerprint density at radius 2 is 1.48 bits per heavy atom. The van der Waals surface area contributed by atoms with Crippen LogP contribution in [0.15, 0.2) is 24.3 Å². The molecular weight excluding hydrogens is 264 g/mol. The number of hydrogen-bond donors (Lipinski definition) is 0.